The highest BCUT2D eigenvalue weighted by Crippen LogP contribution is 2.14. The van der Waals surface area contributed by atoms with Crippen LogP contribution in [0.5, 0.6) is 0 Å². The molecule has 3 N–H and O–H groups in total. The minimum Gasteiger partial charge on any atom is -0.477 e. The third kappa shape index (κ3) is 2.89. The van der Waals surface area contributed by atoms with Gasteiger partial charge in [0, 0.05) is 25.5 Å². The molecule has 1 saturated heterocycles. The largest absolute Gasteiger partial charge is 0.477 e. The Kier molecular flexibility index (Phi) is 3.69. The van der Waals surface area contributed by atoms with Gasteiger partial charge < -0.3 is 14.8 Å². The van der Waals surface area contributed by atoms with Crippen molar-refractivity contribution in [2.45, 2.75) is 23.8 Å². The summed E-state index contributed by atoms with van der Waals surface area (Å²) in [4.78, 5) is 13.0. The van der Waals surface area contributed by atoms with Gasteiger partial charge in [-0.3, -0.25) is 0 Å². The Bertz CT molecular complexity index is 530. The van der Waals surface area contributed by atoms with Crippen LogP contribution in [0.2, 0.25) is 0 Å². The van der Waals surface area contributed by atoms with E-state index in [1.807, 2.05) is 0 Å². The summed E-state index contributed by atoms with van der Waals surface area (Å²) >= 11 is 0. The molecule has 0 aliphatic carbocycles. The third-order valence-corrected chi connectivity index (χ3v) is 4.24. The number of H-pyrrole nitrogens is 1. The first-order valence-corrected chi connectivity index (χ1v) is 6.99. The van der Waals surface area contributed by atoms with Gasteiger partial charge in [0.15, 0.2) is 0 Å². The summed E-state index contributed by atoms with van der Waals surface area (Å²) in [6.07, 6.45) is 2.41. The number of carboxylic acid groups (broad SMARTS) is 1. The smallest absolute Gasteiger partial charge is 0.352 e. The van der Waals surface area contributed by atoms with Crippen LogP contribution in [0.25, 0.3) is 0 Å². The number of nitrogens with one attached hydrogen (secondary N) is 2. The van der Waals surface area contributed by atoms with Gasteiger partial charge >= 0.3 is 5.97 Å². The predicted octanol–water partition coefficient (Wildman–Crippen LogP) is 0.170. The van der Waals surface area contributed by atoms with E-state index in [1.165, 1.54) is 6.20 Å². The molecule has 0 aromatic carbocycles. The molecule has 0 spiro atoms. The van der Waals surface area contributed by atoms with E-state index in [2.05, 4.69) is 9.71 Å². The molecule has 1 aliphatic rings. The van der Waals surface area contributed by atoms with Crippen LogP contribution in [0.3, 0.4) is 0 Å². The molecule has 18 heavy (non-hydrogen) atoms. The van der Waals surface area contributed by atoms with Crippen LogP contribution in [0.1, 0.15) is 23.3 Å². The zero-order valence-corrected chi connectivity index (χ0v) is 10.4. The molecule has 1 aromatic rings. The molecule has 2 heterocycles. The SMILES string of the molecule is O=C(O)c1cc(S(=O)(=O)NC2CCOCC2)c[nH]1. The summed E-state index contributed by atoms with van der Waals surface area (Å²) in [5, 5.41) is 8.72. The number of aromatic carboxylic acids is 1. The second-order valence-corrected chi connectivity index (χ2v) is 5.78. The topological polar surface area (TPSA) is 108 Å². The van der Waals surface area contributed by atoms with Crippen LogP contribution < -0.4 is 4.72 Å². The molecule has 2 rings (SSSR count). The minimum absolute atomic E-state index is 0.0635. The first kappa shape index (κ1) is 13.1. The fraction of sp³-hybridized carbons (Fsp3) is 0.500. The monoisotopic (exact) mass is 274 g/mol. The Morgan fingerprint density at radius 2 is 2.11 bits per heavy atom. The van der Waals surface area contributed by atoms with E-state index in [9.17, 15) is 13.2 Å². The molecule has 1 aliphatic heterocycles. The van der Waals surface area contributed by atoms with Crippen molar-refractivity contribution >= 4 is 16.0 Å². The Balaban J connectivity index is 2.11. The highest BCUT2D eigenvalue weighted by Gasteiger charge is 2.23. The number of carbonyl (C=O) groups is 1. The molecular weight excluding hydrogens is 260 g/mol. The van der Waals surface area contributed by atoms with E-state index in [0.29, 0.717) is 26.1 Å². The number of aromatic nitrogens is 1. The summed E-state index contributed by atoms with van der Waals surface area (Å²) in [5.74, 6) is -1.19. The molecule has 8 heteroatoms. The van der Waals surface area contributed by atoms with Crippen LogP contribution in [0.15, 0.2) is 17.2 Å². The van der Waals surface area contributed by atoms with Gasteiger partial charge in [0.05, 0.1) is 0 Å². The molecule has 0 saturated carbocycles. The molecule has 0 unspecified atom stereocenters. The van der Waals surface area contributed by atoms with Crippen molar-refractivity contribution in [1.82, 2.24) is 9.71 Å². The quantitative estimate of drug-likeness (QED) is 0.725. The zero-order chi connectivity index (χ0) is 13.2. The van der Waals surface area contributed by atoms with Crippen molar-refractivity contribution in [3.05, 3.63) is 18.0 Å². The van der Waals surface area contributed by atoms with Crippen LogP contribution in [0.4, 0.5) is 0 Å². The summed E-state index contributed by atoms with van der Waals surface area (Å²) in [6.45, 7) is 1.06. The normalized spacial score (nSPS) is 17.8. The van der Waals surface area contributed by atoms with Gasteiger partial charge in [0.2, 0.25) is 10.0 Å². The summed E-state index contributed by atoms with van der Waals surface area (Å²) in [6, 6.07) is 0.941. The van der Waals surface area contributed by atoms with Crippen molar-refractivity contribution in [3.63, 3.8) is 0 Å². The minimum atomic E-state index is -3.67. The second kappa shape index (κ2) is 5.09. The van der Waals surface area contributed by atoms with E-state index < -0.39 is 16.0 Å². The average molecular weight is 274 g/mol. The zero-order valence-electron chi connectivity index (χ0n) is 9.55. The Morgan fingerprint density at radius 3 is 2.67 bits per heavy atom. The van der Waals surface area contributed by atoms with Crippen LogP contribution in [0, 0.1) is 0 Å². The summed E-state index contributed by atoms with van der Waals surface area (Å²) < 4.78 is 31.6. The first-order valence-electron chi connectivity index (χ1n) is 5.51. The third-order valence-electron chi connectivity index (χ3n) is 2.74. The fourth-order valence-electron chi connectivity index (χ4n) is 1.76. The van der Waals surface area contributed by atoms with E-state index in [4.69, 9.17) is 9.84 Å². The van der Waals surface area contributed by atoms with Gasteiger partial charge in [-0.25, -0.2) is 17.9 Å². The number of ether oxygens (including phenoxy) is 1. The van der Waals surface area contributed by atoms with Gasteiger partial charge in [0.1, 0.15) is 10.6 Å². The van der Waals surface area contributed by atoms with E-state index in [-0.39, 0.29) is 16.6 Å². The molecule has 1 fully saturated rings. The average Bonchev–Trinajstić information content (AvgIpc) is 2.79. The highest BCUT2D eigenvalue weighted by atomic mass is 32.2. The molecular formula is C10H14N2O5S. The molecule has 7 nitrogen and oxygen atoms in total. The maximum atomic E-state index is 12.0. The number of sulfonamides is 1. The molecule has 0 radical (unpaired) electrons. The van der Waals surface area contributed by atoms with Crippen LogP contribution in [-0.4, -0.2) is 43.7 Å². The summed E-state index contributed by atoms with van der Waals surface area (Å²) in [7, 11) is -3.67. The predicted molar refractivity (Wildman–Crippen MR) is 61.9 cm³/mol. The second-order valence-electron chi connectivity index (χ2n) is 4.06. The Labute approximate surface area is 104 Å². The van der Waals surface area contributed by atoms with Crippen molar-refractivity contribution in [3.8, 4) is 0 Å². The lowest BCUT2D eigenvalue weighted by Gasteiger charge is -2.22. The van der Waals surface area contributed by atoms with Gasteiger partial charge in [-0.05, 0) is 18.9 Å². The lowest BCUT2D eigenvalue weighted by molar-refractivity contribution is 0.0691. The lowest BCUT2D eigenvalue weighted by Crippen LogP contribution is -2.38. The maximum absolute atomic E-state index is 12.0. The van der Waals surface area contributed by atoms with E-state index in [0.717, 1.165) is 6.07 Å². The van der Waals surface area contributed by atoms with Crippen molar-refractivity contribution in [1.29, 1.82) is 0 Å². The molecule has 1 aromatic heterocycles. The summed E-state index contributed by atoms with van der Waals surface area (Å²) in [5.41, 5.74) is -0.151. The molecule has 100 valence electrons. The van der Waals surface area contributed by atoms with Crippen molar-refractivity contribution in [2.75, 3.05) is 13.2 Å². The van der Waals surface area contributed by atoms with Crippen molar-refractivity contribution < 1.29 is 23.1 Å². The lowest BCUT2D eigenvalue weighted by atomic mass is 10.1. The number of carboxylic acids is 1. The number of hydrogen-bond acceptors (Lipinski definition) is 4. The van der Waals surface area contributed by atoms with Gasteiger partial charge in [-0.1, -0.05) is 0 Å². The van der Waals surface area contributed by atoms with Gasteiger partial charge in [0.25, 0.3) is 0 Å². The molecule has 0 atom stereocenters. The molecule has 0 amide bonds. The Morgan fingerprint density at radius 1 is 1.44 bits per heavy atom. The number of aromatic amines is 1. The standard InChI is InChI=1S/C10H14N2O5S/c13-10(14)9-5-8(6-11-9)18(15,16)12-7-1-3-17-4-2-7/h5-7,11-12H,1-4H2,(H,13,14). The fourth-order valence-corrected chi connectivity index (χ4v) is 3.05. The van der Waals surface area contributed by atoms with E-state index >= 15 is 0 Å². The van der Waals surface area contributed by atoms with Crippen LogP contribution in [-0.2, 0) is 14.8 Å². The number of rotatable bonds is 4. The van der Waals surface area contributed by atoms with Gasteiger partial charge in [-0.2, -0.15) is 0 Å². The first-order chi connectivity index (χ1) is 8.49. The Hall–Kier alpha value is -1.38. The van der Waals surface area contributed by atoms with Crippen LogP contribution >= 0.6 is 0 Å². The van der Waals surface area contributed by atoms with Gasteiger partial charge in [-0.15, -0.1) is 0 Å². The maximum Gasteiger partial charge on any atom is 0.352 e. The van der Waals surface area contributed by atoms with Crippen molar-refractivity contribution in [2.24, 2.45) is 0 Å². The number of hydrogen-bond donors (Lipinski definition) is 3. The highest BCUT2D eigenvalue weighted by molar-refractivity contribution is 7.89. The molecule has 0 bridgehead atoms. The van der Waals surface area contributed by atoms with E-state index in [1.54, 1.807) is 0 Å².